The number of imide groups is 1. The molecule has 98 valence electrons. The van der Waals surface area contributed by atoms with Crippen LogP contribution in [0.15, 0.2) is 18.2 Å². The number of likely N-dealkylation sites (tertiary alicyclic amines) is 1. The number of nitrogens with zero attached hydrogens (tertiary/aromatic N) is 3. The predicted molar refractivity (Wildman–Crippen MR) is 70.6 cm³/mol. The van der Waals surface area contributed by atoms with Crippen LogP contribution in [-0.2, 0) is 9.59 Å². The standard InChI is InChI=1S/C12H11ClN4O2/c1-16-9(18)5-8(11(16)19)17-7-4-2-3-6(13)10(7)15-12(17)14/h2-4,8H,5H2,1H3,(H2,14,15). The third kappa shape index (κ3) is 1.60. The number of nitrogens with two attached hydrogens (primary N) is 1. The lowest BCUT2D eigenvalue weighted by atomic mass is 10.2. The predicted octanol–water partition coefficient (Wildman–Crippen LogP) is 1.20. The molecule has 1 aliphatic rings. The van der Waals surface area contributed by atoms with Crippen molar-refractivity contribution in [3.63, 3.8) is 0 Å². The summed E-state index contributed by atoms with van der Waals surface area (Å²) >= 11 is 6.05. The Hall–Kier alpha value is -2.08. The molecule has 2 amide bonds. The number of imidazole rings is 1. The Balaban J connectivity index is 2.21. The van der Waals surface area contributed by atoms with Gasteiger partial charge >= 0.3 is 0 Å². The molecule has 0 bridgehead atoms. The molecule has 7 heteroatoms. The quantitative estimate of drug-likeness (QED) is 0.795. The Morgan fingerprint density at radius 3 is 2.79 bits per heavy atom. The lowest BCUT2D eigenvalue weighted by molar-refractivity contribution is -0.137. The van der Waals surface area contributed by atoms with E-state index in [1.807, 2.05) is 0 Å². The molecule has 0 spiro atoms. The fourth-order valence-corrected chi connectivity index (χ4v) is 2.58. The molecule has 1 aromatic carbocycles. The second kappa shape index (κ2) is 3.96. The number of rotatable bonds is 1. The minimum Gasteiger partial charge on any atom is -0.369 e. The van der Waals surface area contributed by atoms with E-state index < -0.39 is 6.04 Å². The van der Waals surface area contributed by atoms with Crippen molar-refractivity contribution in [3.05, 3.63) is 23.2 Å². The van der Waals surface area contributed by atoms with Gasteiger partial charge in [-0.25, -0.2) is 4.98 Å². The van der Waals surface area contributed by atoms with Gasteiger partial charge in [-0.3, -0.25) is 19.1 Å². The highest BCUT2D eigenvalue weighted by Gasteiger charge is 2.39. The molecule has 1 fully saturated rings. The number of aromatic nitrogens is 2. The zero-order valence-corrected chi connectivity index (χ0v) is 10.9. The van der Waals surface area contributed by atoms with Crippen molar-refractivity contribution in [2.24, 2.45) is 0 Å². The number of para-hydroxylation sites is 1. The molecule has 1 unspecified atom stereocenters. The third-order valence-electron chi connectivity index (χ3n) is 3.37. The van der Waals surface area contributed by atoms with Crippen LogP contribution in [0.4, 0.5) is 5.95 Å². The van der Waals surface area contributed by atoms with E-state index in [2.05, 4.69) is 4.98 Å². The SMILES string of the molecule is CN1C(=O)CC(n2c(N)nc3c(Cl)cccc32)C1=O. The van der Waals surface area contributed by atoms with E-state index in [1.165, 1.54) is 7.05 Å². The van der Waals surface area contributed by atoms with E-state index in [-0.39, 0.29) is 24.2 Å². The maximum Gasteiger partial charge on any atom is 0.252 e. The van der Waals surface area contributed by atoms with Crippen molar-refractivity contribution < 1.29 is 9.59 Å². The molecule has 19 heavy (non-hydrogen) atoms. The first kappa shape index (κ1) is 12.0. The number of nitrogen functional groups attached to an aromatic ring is 1. The summed E-state index contributed by atoms with van der Waals surface area (Å²) in [6.07, 6.45) is 0.0947. The number of benzene rings is 1. The number of likely N-dealkylation sites (N-methyl/N-ethyl adjacent to an activating group) is 1. The van der Waals surface area contributed by atoms with Crippen molar-refractivity contribution in [2.75, 3.05) is 12.8 Å². The zero-order chi connectivity index (χ0) is 13.7. The third-order valence-corrected chi connectivity index (χ3v) is 3.67. The van der Waals surface area contributed by atoms with Crippen LogP contribution in [0.1, 0.15) is 12.5 Å². The Morgan fingerprint density at radius 2 is 2.16 bits per heavy atom. The minimum absolute atomic E-state index is 0.0947. The van der Waals surface area contributed by atoms with E-state index in [0.717, 1.165) is 4.90 Å². The van der Waals surface area contributed by atoms with E-state index in [9.17, 15) is 9.59 Å². The molecule has 2 heterocycles. The molecule has 0 radical (unpaired) electrons. The number of fused-ring (bicyclic) bond motifs is 1. The molecule has 1 atom stereocenters. The Morgan fingerprint density at radius 1 is 1.42 bits per heavy atom. The van der Waals surface area contributed by atoms with E-state index in [0.29, 0.717) is 16.1 Å². The molecular formula is C12H11ClN4O2. The first-order valence-corrected chi connectivity index (χ1v) is 6.11. The number of halogens is 1. The number of hydrogen-bond donors (Lipinski definition) is 1. The van der Waals surface area contributed by atoms with Gasteiger partial charge in [0.1, 0.15) is 11.6 Å². The molecule has 0 aliphatic carbocycles. The molecule has 2 aromatic rings. The van der Waals surface area contributed by atoms with Crippen molar-refractivity contribution in [1.82, 2.24) is 14.5 Å². The largest absolute Gasteiger partial charge is 0.369 e. The van der Waals surface area contributed by atoms with Gasteiger partial charge in [-0.15, -0.1) is 0 Å². The van der Waals surface area contributed by atoms with Gasteiger partial charge < -0.3 is 5.73 Å². The van der Waals surface area contributed by atoms with Crippen molar-refractivity contribution in [3.8, 4) is 0 Å². The van der Waals surface area contributed by atoms with E-state index >= 15 is 0 Å². The Kier molecular flexibility index (Phi) is 2.50. The maximum absolute atomic E-state index is 12.1. The van der Waals surface area contributed by atoms with Crippen molar-refractivity contribution in [2.45, 2.75) is 12.5 Å². The van der Waals surface area contributed by atoms with Crippen LogP contribution >= 0.6 is 11.6 Å². The molecule has 1 saturated heterocycles. The fourth-order valence-electron chi connectivity index (χ4n) is 2.37. The number of hydrogen-bond acceptors (Lipinski definition) is 4. The highest BCUT2D eigenvalue weighted by Crippen LogP contribution is 2.32. The lowest BCUT2D eigenvalue weighted by Gasteiger charge is -2.12. The average molecular weight is 279 g/mol. The van der Waals surface area contributed by atoms with Gasteiger partial charge in [-0.05, 0) is 12.1 Å². The number of anilines is 1. The van der Waals surface area contributed by atoms with E-state index in [4.69, 9.17) is 17.3 Å². The van der Waals surface area contributed by atoms with Gasteiger partial charge in [-0.2, -0.15) is 0 Å². The number of amides is 2. The summed E-state index contributed by atoms with van der Waals surface area (Å²) in [6.45, 7) is 0. The van der Waals surface area contributed by atoms with Crippen LogP contribution in [-0.4, -0.2) is 33.3 Å². The van der Waals surface area contributed by atoms with Gasteiger partial charge in [0.2, 0.25) is 11.9 Å². The van der Waals surface area contributed by atoms with Crippen LogP contribution in [0.5, 0.6) is 0 Å². The second-order valence-corrected chi connectivity index (χ2v) is 4.87. The summed E-state index contributed by atoms with van der Waals surface area (Å²) in [5, 5.41) is 0.466. The van der Waals surface area contributed by atoms with Crippen LogP contribution in [0, 0.1) is 0 Å². The smallest absolute Gasteiger partial charge is 0.252 e. The fraction of sp³-hybridized carbons (Fsp3) is 0.250. The van der Waals surface area contributed by atoms with Gasteiger partial charge in [0.15, 0.2) is 0 Å². The van der Waals surface area contributed by atoms with Crippen molar-refractivity contribution >= 4 is 40.4 Å². The molecule has 6 nitrogen and oxygen atoms in total. The topological polar surface area (TPSA) is 81.2 Å². The van der Waals surface area contributed by atoms with Crippen molar-refractivity contribution in [1.29, 1.82) is 0 Å². The monoisotopic (exact) mass is 278 g/mol. The molecular weight excluding hydrogens is 268 g/mol. The van der Waals surface area contributed by atoms with Crippen LogP contribution in [0.25, 0.3) is 11.0 Å². The van der Waals surface area contributed by atoms with Gasteiger partial charge in [0, 0.05) is 7.05 Å². The Bertz CT molecular complexity index is 709. The van der Waals surface area contributed by atoms with Crippen LogP contribution in [0.2, 0.25) is 5.02 Å². The number of carbonyl (C=O) groups excluding carboxylic acids is 2. The molecule has 3 rings (SSSR count). The van der Waals surface area contributed by atoms with E-state index in [1.54, 1.807) is 22.8 Å². The number of carbonyl (C=O) groups is 2. The first-order valence-electron chi connectivity index (χ1n) is 5.73. The summed E-state index contributed by atoms with van der Waals surface area (Å²) in [7, 11) is 1.47. The normalized spacial score (nSPS) is 19.7. The maximum atomic E-state index is 12.1. The summed E-state index contributed by atoms with van der Waals surface area (Å²) in [6, 6.07) is 4.60. The molecule has 1 aromatic heterocycles. The van der Waals surface area contributed by atoms with Gasteiger partial charge in [-0.1, -0.05) is 17.7 Å². The summed E-state index contributed by atoms with van der Waals surface area (Å²) in [5.41, 5.74) is 7.06. The first-order chi connectivity index (χ1) is 9.00. The zero-order valence-electron chi connectivity index (χ0n) is 10.1. The second-order valence-electron chi connectivity index (χ2n) is 4.46. The van der Waals surface area contributed by atoms with Crippen LogP contribution in [0.3, 0.4) is 0 Å². The highest BCUT2D eigenvalue weighted by molar-refractivity contribution is 6.35. The lowest BCUT2D eigenvalue weighted by Crippen LogP contribution is -2.27. The van der Waals surface area contributed by atoms with Crippen LogP contribution < -0.4 is 5.73 Å². The minimum atomic E-state index is -0.638. The highest BCUT2D eigenvalue weighted by atomic mass is 35.5. The Labute approximate surface area is 113 Å². The summed E-state index contributed by atoms with van der Waals surface area (Å²) in [4.78, 5) is 29.0. The molecule has 2 N–H and O–H groups in total. The summed E-state index contributed by atoms with van der Waals surface area (Å²) in [5.74, 6) is -0.321. The molecule has 1 aliphatic heterocycles. The van der Waals surface area contributed by atoms with Gasteiger partial charge in [0.25, 0.3) is 5.91 Å². The van der Waals surface area contributed by atoms with Gasteiger partial charge in [0.05, 0.1) is 17.0 Å². The molecule has 0 saturated carbocycles. The average Bonchev–Trinajstić information content (AvgIpc) is 2.83. The summed E-state index contributed by atoms with van der Waals surface area (Å²) < 4.78 is 1.57.